The fraction of sp³-hybridized carbons (Fsp3) is 0.500. The van der Waals surface area contributed by atoms with Crippen LogP contribution in [0.5, 0.6) is 0 Å². The van der Waals surface area contributed by atoms with E-state index in [1.807, 2.05) is 23.2 Å². The molecule has 2 N–H and O–H groups in total. The van der Waals surface area contributed by atoms with Crippen LogP contribution < -0.4 is 5.84 Å². The average molecular weight is 232 g/mol. The summed E-state index contributed by atoms with van der Waals surface area (Å²) in [5.74, 6) is 5.86. The van der Waals surface area contributed by atoms with Gasteiger partial charge in [0.25, 0.3) is 0 Å². The van der Waals surface area contributed by atoms with Crippen molar-refractivity contribution >= 4 is 5.71 Å². The van der Waals surface area contributed by atoms with Gasteiger partial charge in [-0.25, -0.2) is 5.01 Å². The molecule has 17 heavy (non-hydrogen) atoms. The second kappa shape index (κ2) is 4.09. The zero-order valence-electron chi connectivity index (χ0n) is 9.67. The zero-order valence-corrected chi connectivity index (χ0v) is 9.67. The molecular weight excluding hydrogens is 216 g/mol. The third-order valence-corrected chi connectivity index (χ3v) is 3.37. The average Bonchev–Trinajstić information content (AvgIpc) is 2.74. The standard InChI is InChI=1S/C12H16N4O/c13-16-7-3-5-12(9-16)8-11(15-17-12)10-4-1-2-6-14-10/h1-2,4,6H,3,5,7-9,13H2. The quantitative estimate of drug-likeness (QED) is 0.731. The van der Waals surface area contributed by atoms with Crippen LogP contribution in [0, 0.1) is 0 Å². The van der Waals surface area contributed by atoms with Crippen molar-refractivity contribution in [2.24, 2.45) is 11.0 Å². The van der Waals surface area contributed by atoms with E-state index in [-0.39, 0.29) is 5.60 Å². The lowest BCUT2D eigenvalue weighted by Crippen LogP contribution is -2.51. The first-order valence-electron chi connectivity index (χ1n) is 5.94. The maximum absolute atomic E-state index is 5.86. The topological polar surface area (TPSA) is 63.7 Å². The van der Waals surface area contributed by atoms with Gasteiger partial charge < -0.3 is 4.84 Å². The van der Waals surface area contributed by atoms with Crippen LogP contribution >= 0.6 is 0 Å². The van der Waals surface area contributed by atoms with Gasteiger partial charge in [0.15, 0.2) is 5.60 Å². The second-order valence-corrected chi connectivity index (χ2v) is 4.78. The highest BCUT2D eigenvalue weighted by Gasteiger charge is 2.42. The summed E-state index contributed by atoms with van der Waals surface area (Å²) >= 11 is 0. The fourth-order valence-electron chi connectivity index (χ4n) is 2.54. The molecule has 0 radical (unpaired) electrons. The van der Waals surface area contributed by atoms with Gasteiger partial charge in [0.05, 0.1) is 12.2 Å². The highest BCUT2D eigenvalue weighted by molar-refractivity contribution is 6.00. The number of piperidine rings is 1. The molecule has 0 saturated carbocycles. The zero-order chi connectivity index (χ0) is 11.7. The van der Waals surface area contributed by atoms with Crippen LogP contribution in [0.15, 0.2) is 29.6 Å². The van der Waals surface area contributed by atoms with E-state index >= 15 is 0 Å². The molecule has 3 heterocycles. The molecular formula is C12H16N4O. The Morgan fingerprint density at radius 3 is 3.12 bits per heavy atom. The number of rotatable bonds is 1. The summed E-state index contributed by atoms with van der Waals surface area (Å²) in [6.45, 7) is 1.68. The summed E-state index contributed by atoms with van der Waals surface area (Å²) in [5, 5.41) is 6.01. The smallest absolute Gasteiger partial charge is 0.157 e. The minimum Gasteiger partial charge on any atom is -0.387 e. The van der Waals surface area contributed by atoms with Crippen molar-refractivity contribution < 1.29 is 4.84 Å². The Bertz CT molecular complexity index is 433. The third-order valence-electron chi connectivity index (χ3n) is 3.37. The highest BCUT2D eigenvalue weighted by atomic mass is 16.7. The number of hydrazine groups is 1. The fourth-order valence-corrected chi connectivity index (χ4v) is 2.54. The lowest BCUT2D eigenvalue weighted by atomic mass is 9.88. The monoisotopic (exact) mass is 232 g/mol. The Balaban J connectivity index is 1.76. The molecule has 3 rings (SSSR count). The molecule has 0 bridgehead atoms. The van der Waals surface area contributed by atoms with Gasteiger partial charge in [0.2, 0.25) is 0 Å². The lowest BCUT2D eigenvalue weighted by Gasteiger charge is -2.35. The van der Waals surface area contributed by atoms with E-state index < -0.39 is 0 Å². The van der Waals surface area contributed by atoms with Gasteiger partial charge in [-0.05, 0) is 25.0 Å². The number of aromatic nitrogens is 1. The van der Waals surface area contributed by atoms with E-state index in [0.717, 1.165) is 43.8 Å². The van der Waals surface area contributed by atoms with Crippen LogP contribution in [0.1, 0.15) is 25.0 Å². The molecule has 1 aromatic heterocycles. The number of hydrogen-bond donors (Lipinski definition) is 1. The summed E-state index contributed by atoms with van der Waals surface area (Å²) in [5.41, 5.74) is 1.61. The van der Waals surface area contributed by atoms with Crippen LogP contribution in [0.3, 0.4) is 0 Å². The van der Waals surface area contributed by atoms with Crippen LogP contribution in [0.4, 0.5) is 0 Å². The predicted octanol–water partition coefficient (Wildman–Crippen LogP) is 0.914. The van der Waals surface area contributed by atoms with Crippen LogP contribution in [-0.4, -0.2) is 34.4 Å². The van der Waals surface area contributed by atoms with Crippen LogP contribution in [-0.2, 0) is 4.84 Å². The Morgan fingerprint density at radius 1 is 1.41 bits per heavy atom. The SMILES string of the molecule is NN1CCCC2(CC(c3ccccn3)=NO2)C1. The van der Waals surface area contributed by atoms with E-state index in [2.05, 4.69) is 10.1 Å². The Morgan fingerprint density at radius 2 is 2.35 bits per heavy atom. The van der Waals surface area contributed by atoms with E-state index in [0.29, 0.717) is 0 Å². The molecule has 1 saturated heterocycles. The molecule has 0 aromatic carbocycles. The molecule has 1 spiro atoms. The first-order valence-corrected chi connectivity index (χ1v) is 5.94. The van der Waals surface area contributed by atoms with Gasteiger partial charge in [-0.2, -0.15) is 0 Å². The molecule has 90 valence electrons. The molecule has 2 aliphatic rings. The predicted molar refractivity (Wildman–Crippen MR) is 64.2 cm³/mol. The molecule has 0 amide bonds. The van der Waals surface area contributed by atoms with Gasteiger partial charge in [0, 0.05) is 19.2 Å². The maximum Gasteiger partial charge on any atom is 0.157 e. The van der Waals surface area contributed by atoms with Crippen LogP contribution in [0.2, 0.25) is 0 Å². The van der Waals surface area contributed by atoms with Gasteiger partial charge in [0.1, 0.15) is 5.71 Å². The minimum absolute atomic E-state index is 0.222. The van der Waals surface area contributed by atoms with Gasteiger partial charge >= 0.3 is 0 Å². The van der Waals surface area contributed by atoms with Crippen molar-refractivity contribution in [3.05, 3.63) is 30.1 Å². The summed E-state index contributed by atoms with van der Waals surface area (Å²) in [6.07, 6.45) is 4.65. The molecule has 1 unspecified atom stereocenters. The van der Waals surface area contributed by atoms with Gasteiger partial charge in [-0.15, -0.1) is 0 Å². The molecule has 5 heteroatoms. The van der Waals surface area contributed by atoms with Crippen molar-refractivity contribution in [2.45, 2.75) is 24.9 Å². The van der Waals surface area contributed by atoms with Crippen LogP contribution in [0.25, 0.3) is 0 Å². The first kappa shape index (κ1) is 10.7. The number of hydrogen-bond acceptors (Lipinski definition) is 5. The molecule has 1 fully saturated rings. The Hall–Kier alpha value is -1.46. The number of nitrogens with zero attached hydrogens (tertiary/aromatic N) is 3. The van der Waals surface area contributed by atoms with Crippen molar-refractivity contribution in [3.8, 4) is 0 Å². The molecule has 1 atom stereocenters. The summed E-state index contributed by atoms with van der Waals surface area (Å²) in [4.78, 5) is 9.95. The van der Waals surface area contributed by atoms with E-state index in [9.17, 15) is 0 Å². The molecule has 1 aromatic rings. The summed E-state index contributed by atoms with van der Waals surface area (Å²) in [7, 11) is 0. The normalized spacial score (nSPS) is 29.1. The number of nitrogens with two attached hydrogens (primary N) is 1. The van der Waals surface area contributed by atoms with Gasteiger partial charge in [-0.3, -0.25) is 10.8 Å². The van der Waals surface area contributed by atoms with Crippen molar-refractivity contribution in [3.63, 3.8) is 0 Å². The summed E-state index contributed by atoms with van der Waals surface area (Å²) < 4.78 is 0. The first-order chi connectivity index (χ1) is 8.27. The number of pyridine rings is 1. The maximum atomic E-state index is 5.86. The molecule has 0 aliphatic carbocycles. The van der Waals surface area contributed by atoms with E-state index in [4.69, 9.17) is 10.7 Å². The van der Waals surface area contributed by atoms with Crippen molar-refractivity contribution in [2.75, 3.05) is 13.1 Å². The lowest BCUT2D eigenvalue weighted by molar-refractivity contribution is -0.0689. The molecule has 5 nitrogen and oxygen atoms in total. The Labute approximate surface area is 100 Å². The largest absolute Gasteiger partial charge is 0.387 e. The highest BCUT2D eigenvalue weighted by Crippen LogP contribution is 2.33. The minimum atomic E-state index is -0.222. The van der Waals surface area contributed by atoms with Crippen molar-refractivity contribution in [1.29, 1.82) is 0 Å². The number of oxime groups is 1. The van der Waals surface area contributed by atoms with E-state index in [1.54, 1.807) is 6.20 Å². The van der Waals surface area contributed by atoms with Gasteiger partial charge in [-0.1, -0.05) is 11.2 Å². The summed E-state index contributed by atoms with van der Waals surface area (Å²) in [6, 6.07) is 5.83. The third kappa shape index (κ3) is 2.03. The van der Waals surface area contributed by atoms with E-state index in [1.165, 1.54) is 0 Å². The Kier molecular flexibility index (Phi) is 2.57. The van der Waals surface area contributed by atoms with Crippen molar-refractivity contribution in [1.82, 2.24) is 9.99 Å². The second-order valence-electron chi connectivity index (χ2n) is 4.78. The molecule has 2 aliphatic heterocycles.